The van der Waals surface area contributed by atoms with Gasteiger partial charge in [0.2, 0.25) is 0 Å². The fourth-order valence-corrected chi connectivity index (χ4v) is 2.70. The molecule has 0 amide bonds. The second-order valence-electron chi connectivity index (χ2n) is 3.77. The van der Waals surface area contributed by atoms with Crippen molar-refractivity contribution in [2.24, 2.45) is 23.5 Å². The molecule has 0 radical (unpaired) electrons. The maximum Gasteiger partial charge on any atom is 0.308 e. The molecule has 0 heterocycles. The quantitative estimate of drug-likeness (QED) is 0.647. The van der Waals surface area contributed by atoms with Crippen molar-refractivity contribution in [1.29, 1.82) is 0 Å². The van der Waals surface area contributed by atoms with Gasteiger partial charge in [0, 0.05) is 6.04 Å². The summed E-state index contributed by atoms with van der Waals surface area (Å²) in [4.78, 5) is 10.7. The zero-order valence-corrected chi connectivity index (χ0v) is 7.59. The Bertz CT molecular complexity index is 195. The molecular weight excluding hydrogens is 178 g/mol. The third-order valence-electron chi connectivity index (χ3n) is 3.27. The molecule has 2 fully saturated rings. The lowest BCUT2D eigenvalue weighted by Crippen LogP contribution is -2.40. The van der Waals surface area contributed by atoms with Gasteiger partial charge in [-0.1, -0.05) is 0 Å². The Hall–Kier alpha value is -0.280. The Kier molecular flexibility index (Phi) is 2.64. The molecular formula is C8H14ClNO2. The lowest BCUT2D eigenvalue weighted by Gasteiger charge is -2.23. The molecule has 0 aromatic rings. The molecule has 3 unspecified atom stereocenters. The fourth-order valence-electron chi connectivity index (χ4n) is 2.70. The van der Waals surface area contributed by atoms with Crippen LogP contribution in [0, 0.1) is 17.8 Å². The summed E-state index contributed by atoms with van der Waals surface area (Å²) in [6.07, 6.45) is 3.28. The molecule has 4 heteroatoms. The van der Waals surface area contributed by atoms with Crippen LogP contribution in [0.5, 0.6) is 0 Å². The van der Waals surface area contributed by atoms with Gasteiger partial charge in [0.25, 0.3) is 0 Å². The van der Waals surface area contributed by atoms with Crippen LogP contribution in [0.3, 0.4) is 0 Å². The first-order valence-corrected chi connectivity index (χ1v) is 4.18. The van der Waals surface area contributed by atoms with Crippen molar-refractivity contribution in [3.05, 3.63) is 0 Å². The number of hydrogen-bond donors (Lipinski definition) is 2. The summed E-state index contributed by atoms with van der Waals surface area (Å²) >= 11 is 0. The van der Waals surface area contributed by atoms with Gasteiger partial charge in [-0.2, -0.15) is 0 Å². The van der Waals surface area contributed by atoms with E-state index in [4.69, 9.17) is 10.8 Å². The Morgan fingerprint density at radius 3 is 2.25 bits per heavy atom. The SMILES string of the molecule is Cl.NC1C(C(=O)O)C2CC[C@@H]1C2. The van der Waals surface area contributed by atoms with Crippen molar-refractivity contribution in [2.45, 2.75) is 25.3 Å². The number of halogens is 1. The van der Waals surface area contributed by atoms with E-state index in [1.54, 1.807) is 0 Å². The molecule has 0 aromatic carbocycles. The highest BCUT2D eigenvalue weighted by molar-refractivity contribution is 5.85. The Labute approximate surface area is 77.7 Å². The molecule has 2 bridgehead atoms. The molecule has 4 atom stereocenters. The summed E-state index contributed by atoms with van der Waals surface area (Å²) in [5, 5.41) is 8.83. The van der Waals surface area contributed by atoms with Gasteiger partial charge in [-0.3, -0.25) is 4.79 Å². The zero-order valence-electron chi connectivity index (χ0n) is 6.77. The number of fused-ring (bicyclic) bond motifs is 2. The van der Waals surface area contributed by atoms with Crippen LogP contribution in [-0.2, 0) is 4.79 Å². The van der Waals surface area contributed by atoms with Crippen molar-refractivity contribution in [1.82, 2.24) is 0 Å². The van der Waals surface area contributed by atoms with Crippen molar-refractivity contribution in [3.63, 3.8) is 0 Å². The summed E-state index contributed by atoms with van der Waals surface area (Å²) in [5.41, 5.74) is 5.78. The average molecular weight is 192 g/mol. The van der Waals surface area contributed by atoms with E-state index in [0.29, 0.717) is 11.8 Å². The van der Waals surface area contributed by atoms with E-state index in [9.17, 15) is 4.79 Å². The van der Waals surface area contributed by atoms with E-state index in [0.717, 1.165) is 19.3 Å². The number of carboxylic acids is 1. The molecule has 2 saturated carbocycles. The van der Waals surface area contributed by atoms with Crippen LogP contribution in [-0.4, -0.2) is 17.1 Å². The number of rotatable bonds is 1. The van der Waals surface area contributed by atoms with Gasteiger partial charge in [-0.05, 0) is 31.1 Å². The molecule has 3 nitrogen and oxygen atoms in total. The highest BCUT2D eigenvalue weighted by Gasteiger charge is 2.49. The monoisotopic (exact) mass is 191 g/mol. The smallest absolute Gasteiger partial charge is 0.308 e. The van der Waals surface area contributed by atoms with Crippen LogP contribution in [0.15, 0.2) is 0 Å². The molecule has 3 N–H and O–H groups in total. The summed E-state index contributed by atoms with van der Waals surface area (Å²) in [7, 11) is 0. The van der Waals surface area contributed by atoms with Crippen molar-refractivity contribution in [2.75, 3.05) is 0 Å². The maximum absolute atomic E-state index is 10.7. The number of carboxylic acid groups (broad SMARTS) is 1. The first-order chi connectivity index (χ1) is 5.20. The number of nitrogens with two attached hydrogens (primary N) is 1. The summed E-state index contributed by atoms with van der Waals surface area (Å²) in [6, 6.07) is -0.0637. The lowest BCUT2D eigenvalue weighted by atomic mass is 9.85. The highest BCUT2D eigenvalue weighted by atomic mass is 35.5. The third-order valence-corrected chi connectivity index (χ3v) is 3.27. The Balaban J connectivity index is 0.000000720. The maximum atomic E-state index is 10.7. The lowest BCUT2D eigenvalue weighted by molar-refractivity contribution is -0.144. The molecule has 2 aliphatic rings. The molecule has 0 spiro atoms. The standard InChI is InChI=1S/C8H13NO2.ClH/c9-7-5-2-1-4(3-5)6(7)8(10)11;/h4-7H,1-3,9H2,(H,10,11);1H/t4?,5-,6?,7?;/m1./s1. The number of hydrogen-bond acceptors (Lipinski definition) is 2. The minimum Gasteiger partial charge on any atom is -0.481 e. The van der Waals surface area contributed by atoms with Crippen LogP contribution >= 0.6 is 12.4 Å². The highest BCUT2D eigenvalue weighted by Crippen LogP contribution is 2.47. The Morgan fingerprint density at radius 2 is 1.92 bits per heavy atom. The van der Waals surface area contributed by atoms with Gasteiger partial charge in [0.1, 0.15) is 0 Å². The molecule has 2 aliphatic carbocycles. The van der Waals surface area contributed by atoms with Gasteiger partial charge in [0.05, 0.1) is 5.92 Å². The number of carbonyl (C=O) groups is 1. The summed E-state index contributed by atoms with van der Waals surface area (Å²) in [6.45, 7) is 0. The predicted octanol–water partition coefficient (Wildman–Crippen LogP) is 0.866. The van der Waals surface area contributed by atoms with Crippen LogP contribution in [0.25, 0.3) is 0 Å². The predicted molar refractivity (Wildman–Crippen MR) is 47.2 cm³/mol. The van der Waals surface area contributed by atoms with E-state index < -0.39 is 5.97 Å². The molecule has 0 aromatic heterocycles. The van der Waals surface area contributed by atoms with E-state index in [-0.39, 0.29) is 24.4 Å². The molecule has 12 heavy (non-hydrogen) atoms. The van der Waals surface area contributed by atoms with Crippen LogP contribution in [0.2, 0.25) is 0 Å². The van der Waals surface area contributed by atoms with Crippen LogP contribution in [0.4, 0.5) is 0 Å². The first kappa shape index (κ1) is 9.81. The zero-order chi connectivity index (χ0) is 8.01. The van der Waals surface area contributed by atoms with E-state index in [1.807, 2.05) is 0 Å². The second kappa shape index (κ2) is 3.23. The van der Waals surface area contributed by atoms with Gasteiger partial charge in [-0.25, -0.2) is 0 Å². The van der Waals surface area contributed by atoms with Crippen molar-refractivity contribution in [3.8, 4) is 0 Å². The largest absolute Gasteiger partial charge is 0.481 e. The normalized spacial score (nSPS) is 44.1. The first-order valence-electron chi connectivity index (χ1n) is 4.18. The average Bonchev–Trinajstić information content (AvgIpc) is 2.44. The summed E-state index contributed by atoms with van der Waals surface area (Å²) < 4.78 is 0. The van der Waals surface area contributed by atoms with Gasteiger partial charge >= 0.3 is 5.97 Å². The van der Waals surface area contributed by atoms with E-state index in [1.165, 1.54) is 0 Å². The van der Waals surface area contributed by atoms with Crippen molar-refractivity contribution >= 4 is 18.4 Å². The molecule has 2 rings (SSSR count). The van der Waals surface area contributed by atoms with E-state index in [2.05, 4.69) is 0 Å². The molecule has 0 saturated heterocycles. The van der Waals surface area contributed by atoms with E-state index >= 15 is 0 Å². The topological polar surface area (TPSA) is 63.3 Å². The second-order valence-corrected chi connectivity index (χ2v) is 3.77. The van der Waals surface area contributed by atoms with Crippen LogP contribution in [0.1, 0.15) is 19.3 Å². The van der Waals surface area contributed by atoms with Crippen molar-refractivity contribution < 1.29 is 9.90 Å². The minimum absolute atomic E-state index is 0. The van der Waals surface area contributed by atoms with Gasteiger partial charge < -0.3 is 10.8 Å². The van der Waals surface area contributed by atoms with Gasteiger partial charge in [0.15, 0.2) is 0 Å². The fraction of sp³-hybridized carbons (Fsp3) is 0.875. The molecule has 0 aliphatic heterocycles. The summed E-state index contributed by atoms with van der Waals surface area (Å²) in [5.74, 6) is -0.0490. The Morgan fingerprint density at radius 1 is 1.33 bits per heavy atom. The van der Waals surface area contributed by atoms with Crippen LogP contribution < -0.4 is 5.73 Å². The third kappa shape index (κ3) is 1.21. The number of aliphatic carboxylic acids is 1. The van der Waals surface area contributed by atoms with Gasteiger partial charge in [-0.15, -0.1) is 12.4 Å². The minimum atomic E-state index is -0.690. The molecule has 70 valence electrons.